The monoisotopic (exact) mass is 282 g/mol. The molecule has 2 rings (SSSR count). The second kappa shape index (κ2) is 6.90. The Morgan fingerprint density at radius 1 is 1.35 bits per heavy atom. The van der Waals surface area contributed by atoms with Crippen molar-refractivity contribution in [3.05, 3.63) is 0 Å². The third-order valence-electron chi connectivity index (χ3n) is 5.15. The van der Waals surface area contributed by atoms with E-state index in [1.807, 2.05) is 0 Å². The molecule has 4 nitrogen and oxygen atoms in total. The van der Waals surface area contributed by atoms with E-state index in [2.05, 4.69) is 24.1 Å². The number of piperidine rings is 1. The van der Waals surface area contributed by atoms with E-state index < -0.39 is 5.54 Å². The van der Waals surface area contributed by atoms with Crippen LogP contribution in [-0.4, -0.2) is 49.2 Å². The quantitative estimate of drug-likeness (QED) is 0.803. The Balaban J connectivity index is 2.03. The largest absolute Gasteiger partial charge is 0.468 e. The Morgan fingerprint density at radius 3 is 2.65 bits per heavy atom. The van der Waals surface area contributed by atoms with Crippen molar-refractivity contribution in [1.82, 2.24) is 10.2 Å². The lowest BCUT2D eigenvalue weighted by atomic mass is 9.77. The fraction of sp³-hybridized carbons (Fsp3) is 0.938. The zero-order chi connectivity index (χ0) is 14.6. The number of methoxy groups -OCH3 is 1. The molecular weight excluding hydrogens is 252 g/mol. The van der Waals surface area contributed by atoms with Crippen LogP contribution in [0.15, 0.2) is 0 Å². The van der Waals surface area contributed by atoms with Crippen molar-refractivity contribution in [1.29, 1.82) is 0 Å². The summed E-state index contributed by atoms with van der Waals surface area (Å²) in [4.78, 5) is 14.9. The van der Waals surface area contributed by atoms with Gasteiger partial charge in [0, 0.05) is 6.04 Å². The first-order valence-corrected chi connectivity index (χ1v) is 8.19. The normalized spacial score (nSPS) is 33.0. The lowest BCUT2D eigenvalue weighted by molar-refractivity contribution is -0.151. The van der Waals surface area contributed by atoms with Crippen LogP contribution < -0.4 is 5.32 Å². The number of likely N-dealkylation sites (N-methyl/N-ethyl adjacent to an activating group) is 1. The highest BCUT2D eigenvalue weighted by Gasteiger charge is 2.44. The first-order chi connectivity index (χ1) is 9.61. The summed E-state index contributed by atoms with van der Waals surface area (Å²) in [6, 6.07) is 0.536. The summed E-state index contributed by atoms with van der Waals surface area (Å²) in [6.07, 6.45) is 6.74. The Bertz CT molecular complexity index is 322. The second-order valence-corrected chi connectivity index (χ2v) is 6.57. The molecule has 0 aromatic heterocycles. The lowest BCUT2D eigenvalue weighted by Gasteiger charge is -2.45. The molecule has 0 spiro atoms. The molecule has 1 heterocycles. The summed E-state index contributed by atoms with van der Waals surface area (Å²) in [6.45, 7) is 7.61. The van der Waals surface area contributed by atoms with Gasteiger partial charge in [-0.2, -0.15) is 0 Å². The minimum absolute atomic E-state index is 0.0746. The molecule has 2 fully saturated rings. The van der Waals surface area contributed by atoms with Gasteiger partial charge in [0.05, 0.1) is 7.11 Å². The van der Waals surface area contributed by atoms with Gasteiger partial charge >= 0.3 is 5.97 Å². The number of ether oxygens (including phenoxy) is 1. The maximum atomic E-state index is 12.3. The number of carbonyl (C=O) groups is 1. The Morgan fingerprint density at radius 2 is 2.05 bits per heavy atom. The Labute approximate surface area is 123 Å². The van der Waals surface area contributed by atoms with E-state index >= 15 is 0 Å². The van der Waals surface area contributed by atoms with Gasteiger partial charge in [0.2, 0.25) is 0 Å². The standard InChI is InChI=1S/C16H30N2O2/c1-4-17-16(15(19)20-3)9-5-6-14(12-16)18-10-7-13(2)8-11-18/h13-14,17H,4-12H2,1-3H3. The predicted octanol–water partition coefficient (Wildman–Crippen LogP) is 2.18. The molecule has 1 saturated heterocycles. The smallest absolute Gasteiger partial charge is 0.326 e. The summed E-state index contributed by atoms with van der Waals surface area (Å²) >= 11 is 0. The number of likely N-dealkylation sites (tertiary alicyclic amines) is 1. The van der Waals surface area contributed by atoms with Crippen LogP contribution >= 0.6 is 0 Å². The molecule has 1 aliphatic carbocycles. The third kappa shape index (κ3) is 3.34. The minimum atomic E-state index is -0.449. The van der Waals surface area contributed by atoms with E-state index in [-0.39, 0.29) is 5.97 Å². The molecular formula is C16H30N2O2. The average Bonchev–Trinajstić information content (AvgIpc) is 2.47. The van der Waals surface area contributed by atoms with E-state index in [4.69, 9.17) is 4.74 Å². The zero-order valence-electron chi connectivity index (χ0n) is 13.3. The third-order valence-corrected chi connectivity index (χ3v) is 5.15. The van der Waals surface area contributed by atoms with Crippen LogP contribution in [0.4, 0.5) is 0 Å². The van der Waals surface area contributed by atoms with Gasteiger partial charge in [-0.1, -0.05) is 13.8 Å². The van der Waals surface area contributed by atoms with E-state index in [1.165, 1.54) is 39.5 Å². The minimum Gasteiger partial charge on any atom is -0.468 e. The van der Waals surface area contributed by atoms with Crippen molar-refractivity contribution in [2.75, 3.05) is 26.7 Å². The Hall–Kier alpha value is -0.610. The molecule has 0 amide bonds. The fourth-order valence-electron chi connectivity index (χ4n) is 3.90. The topological polar surface area (TPSA) is 41.6 Å². The highest BCUT2D eigenvalue weighted by atomic mass is 16.5. The van der Waals surface area contributed by atoms with Crippen molar-refractivity contribution in [3.63, 3.8) is 0 Å². The highest BCUT2D eigenvalue weighted by Crippen LogP contribution is 2.34. The molecule has 20 heavy (non-hydrogen) atoms. The van der Waals surface area contributed by atoms with Crippen LogP contribution in [-0.2, 0) is 9.53 Å². The maximum absolute atomic E-state index is 12.3. The van der Waals surface area contributed by atoms with E-state index in [1.54, 1.807) is 0 Å². The molecule has 0 aromatic carbocycles. The predicted molar refractivity (Wildman–Crippen MR) is 80.7 cm³/mol. The molecule has 116 valence electrons. The van der Waals surface area contributed by atoms with Gasteiger partial charge in [-0.3, -0.25) is 4.79 Å². The summed E-state index contributed by atoms with van der Waals surface area (Å²) in [5, 5.41) is 3.43. The number of nitrogens with zero attached hydrogens (tertiary/aromatic N) is 1. The molecule has 2 unspecified atom stereocenters. The van der Waals surface area contributed by atoms with Gasteiger partial charge in [-0.05, 0) is 64.1 Å². The molecule has 0 aromatic rings. The summed E-state index contributed by atoms with van der Waals surface area (Å²) in [5.41, 5.74) is -0.449. The fourth-order valence-corrected chi connectivity index (χ4v) is 3.90. The molecule has 4 heteroatoms. The van der Waals surface area contributed by atoms with E-state index in [0.717, 1.165) is 31.7 Å². The van der Waals surface area contributed by atoms with Gasteiger partial charge < -0.3 is 15.0 Å². The molecule has 0 bridgehead atoms. The first-order valence-electron chi connectivity index (χ1n) is 8.19. The average molecular weight is 282 g/mol. The first kappa shape index (κ1) is 15.8. The van der Waals surface area contributed by atoms with E-state index in [0.29, 0.717) is 6.04 Å². The number of rotatable bonds is 4. The number of nitrogens with one attached hydrogen (secondary N) is 1. The van der Waals surface area contributed by atoms with Gasteiger partial charge in [-0.25, -0.2) is 0 Å². The summed E-state index contributed by atoms with van der Waals surface area (Å²) in [5.74, 6) is 0.781. The van der Waals surface area contributed by atoms with Gasteiger partial charge in [0.25, 0.3) is 0 Å². The van der Waals surface area contributed by atoms with Gasteiger partial charge in [0.15, 0.2) is 0 Å². The summed E-state index contributed by atoms with van der Waals surface area (Å²) in [7, 11) is 1.51. The molecule has 0 radical (unpaired) electrons. The van der Waals surface area contributed by atoms with Crippen LogP contribution in [0.5, 0.6) is 0 Å². The molecule has 1 aliphatic heterocycles. The number of carbonyl (C=O) groups excluding carboxylic acids is 1. The van der Waals surface area contributed by atoms with Crippen LogP contribution in [0.25, 0.3) is 0 Å². The van der Waals surface area contributed by atoms with E-state index in [9.17, 15) is 4.79 Å². The number of hydrogen-bond acceptors (Lipinski definition) is 4. The zero-order valence-corrected chi connectivity index (χ0v) is 13.3. The van der Waals surface area contributed by atoms with Gasteiger partial charge in [0.1, 0.15) is 5.54 Å². The number of hydrogen-bond donors (Lipinski definition) is 1. The maximum Gasteiger partial charge on any atom is 0.326 e. The van der Waals surface area contributed by atoms with Crippen molar-refractivity contribution in [2.45, 2.75) is 64.0 Å². The molecule has 1 saturated carbocycles. The van der Waals surface area contributed by atoms with Gasteiger partial charge in [-0.15, -0.1) is 0 Å². The van der Waals surface area contributed by atoms with Crippen LogP contribution in [0.1, 0.15) is 52.4 Å². The SMILES string of the molecule is CCNC1(C(=O)OC)CCCC(N2CCC(C)CC2)C1. The van der Waals surface area contributed by atoms with Crippen molar-refractivity contribution < 1.29 is 9.53 Å². The lowest BCUT2D eigenvalue weighted by Crippen LogP contribution is -2.59. The number of esters is 1. The van der Waals surface area contributed by atoms with Crippen molar-refractivity contribution in [3.8, 4) is 0 Å². The van der Waals surface area contributed by atoms with Crippen molar-refractivity contribution >= 4 is 5.97 Å². The van der Waals surface area contributed by atoms with Crippen LogP contribution in [0, 0.1) is 5.92 Å². The molecule has 1 N–H and O–H groups in total. The highest BCUT2D eigenvalue weighted by molar-refractivity contribution is 5.81. The van der Waals surface area contributed by atoms with Crippen molar-refractivity contribution in [2.24, 2.45) is 5.92 Å². The second-order valence-electron chi connectivity index (χ2n) is 6.57. The molecule has 2 atom stereocenters. The van der Waals surface area contributed by atoms with Crippen LogP contribution in [0.3, 0.4) is 0 Å². The summed E-state index contributed by atoms with van der Waals surface area (Å²) < 4.78 is 5.08. The molecule has 2 aliphatic rings. The Kier molecular flexibility index (Phi) is 5.44. The van der Waals surface area contributed by atoms with Crippen LogP contribution in [0.2, 0.25) is 0 Å².